The van der Waals surface area contributed by atoms with E-state index < -0.39 is 0 Å². The maximum absolute atomic E-state index is 13.5. The Labute approximate surface area is 105 Å². The van der Waals surface area contributed by atoms with Crippen LogP contribution < -0.4 is 11.1 Å². The van der Waals surface area contributed by atoms with Gasteiger partial charge in [-0.1, -0.05) is 0 Å². The number of H-pyrrole nitrogens is 1. The normalized spacial score (nSPS) is 10.6. The first-order valence-corrected chi connectivity index (χ1v) is 5.94. The first kappa shape index (κ1) is 12.4. The molecular formula is C13H17FN4. The molecule has 0 aliphatic heterocycles. The lowest BCUT2D eigenvalue weighted by Gasteiger charge is -2.07. The minimum absolute atomic E-state index is 0.311. The van der Waals surface area contributed by atoms with Crippen LogP contribution in [0.15, 0.2) is 24.4 Å². The van der Waals surface area contributed by atoms with Gasteiger partial charge in [0.25, 0.3) is 0 Å². The van der Waals surface area contributed by atoms with Gasteiger partial charge in [-0.05, 0) is 43.5 Å². The van der Waals surface area contributed by atoms with Gasteiger partial charge in [-0.3, -0.25) is 5.10 Å². The molecule has 2 aromatic rings. The highest BCUT2D eigenvalue weighted by atomic mass is 19.1. The number of nitrogen functional groups attached to an aromatic ring is 1. The number of hydrogen-bond donors (Lipinski definition) is 3. The van der Waals surface area contributed by atoms with Gasteiger partial charge in [0.2, 0.25) is 0 Å². The summed E-state index contributed by atoms with van der Waals surface area (Å²) in [6.07, 6.45) is 3.68. The Morgan fingerprint density at radius 2 is 2.28 bits per heavy atom. The van der Waals surface area contributed by atoms with Crippen LogP contribution in [0.5, 0.6) is 0 Å². The van der Waals surface area contributed by atoms with Crippen molar-refractivity contribution < 1.29 is 4.39 Å². The number of benzene rings is 1. The Morgan fingerprint density at radius 1 is 1.44 bits per heavy atom. The minimum Gasteiger partial charge on any atom is -0.399 e. The van der Waals surface area contributed by atoms with Gasteiger partial charge in [0.1, 0.15) is 5.82 Å². The van der Waals surface area contributed by atoms with Gasteiger partial charge < -0.3 is 11.1 Å². The van der Waals surface area contributed by atoms with Crippen molar-refractivity contribution in [1.29, 1.82) is 0 Å². The van der Waals surface area contributed by atoms with Crippen molar-refractivity contribution in [3.8, 4) is 0 Å². The third-order valence-electron chi connectivity index (χ3n) is 2.87. The SMILES string of the molecule is Cc1[nH]ncc1CCCNc1ccc(N)cc1F. The zero-order chi connectivity index (χ0) is 13.0. The molecule has 1 aromatic carbocycles. The lowest BCUT2D eigenvalue weighted by Crippen LogP contribution is -2.05. The van der Waals surface area contributed by atoms with Crippen LogP contribution in [0.25, 0.3) is 0 Å². The van der Waals surface area contributed by atoms with Crippen molar-refractivity contribution in [3.63, 3.8) is 0 Å². The molecule has 1 heterocycles. The average molecular weight is 248 g/mol. The van der Waals surface area contributed by atoms with Crippen LogP contribution >= 0.6 is 0 Å². The van der Waals surface area contributed by atoms with Gasteiger partial charge in [0.15, 0.2) is 0 Å². The Hall–Kier alpha value is -2.04. The number of nitrogens with one attached hydrogen (secondary N) is 2. The van der Waals surface area contributed by atoms with E-state index in [0.29, 0.717) is 17.9 Å². The topological polar surface area (TPSA) is 66.7 Å². The number of aryl methyl sites for hydroxylation is 2. The molecule has 0 spiro atoms. The monoisotopic (exact) mass is 248 g/mol. The van der Waals surface area contributed by atoms with Gasteiger partial charge in [-0.15, -0.1) is 0 Å². The molecule has 4 N–H and O–H groups in total. The summed E-state index contributed by atoms with van der Waals surface area (Å²) in [7, 11) is 0. The number of hydrogen-bond acceptors (Lipinski definition) is 3. The molecule has 0 aliphatic carbocycles. The van der Waals surface area contributed by atoms with Crippen molar-refractivity contribution in [2.75, 3.05) is 17.6 Å². The standard InChI is InChI=1S/C13H17FN4/c1-9-10(8-17-18-9)3-2-6-16-13-5-4-11(15)7-12(13)14/h4-5,7-8,16H,2-3,6,15H2,1H3,(H,17,18). The Kier molecular flexibility index (Phi) is 3.82. The third-order valence-corrected chi connectivity index (χ3v) is 2.87. The summed E-state index contributed by atoms with van der Waals surface area (Å²) >= 11 is 0. The van der Waals surface area contributed by atoms with Crippen LogP contribution in [0.1, 0.15) is 17.7 Å². The van der Waals surface area contributed by atoms with Crippen LogP contribution in [0.3, 0.4) is 0 Å². The molecule has 1 aromatic heterocycles. The van der Waals surface area contributed by atoms with E-state index in [2.05, 4.69) is 15.5 Å². The molecule has 5 heteroatoms. The molecule has 0 aliphatic rings. The van der Waals surface area contributed by atoms with E-state index in [-0.39, 0.29) is 5.82 Å². The Morgan fingerprint density at radius 3 is 2.94 bits per heavy atom. The second-order valence-corrected chi connectivity index (χ2v) is 4.29. The van der Waals surface area contributed by atoms with E-state index in [0.717, 1.165) is 18.5 Å². The second kappa shape index (κ2) is 5.53. The number of rotatable bonds is 5. The number of anilines is 2. The van der Waals surface area contributed by atoms with Crippen molar-refractivity contribution in [1.82, 2.24) is 10.2 Å². The van der Waals surface area contributed by atoms with E-state index in [4.69, 9.17) is 5.73 Å². The maximum Gasteiger partial charge on any atom is 0.148 e. The van der Waals surface area contributed by atoms with Crippen LogP contribution in [0.2, 0.25) is 0 Å². The molecule has 0 bridgehead atoms. The zero-order valence-corrected chi connectivity index (χ0v) is 10.3. The lowest BCUT2D eigenvalue weighted by atomic mass is 10.1. The summed E-state index contributed by atoms with van der Waals surface area (Å²) in [5.41, 5.74) is 8.71. The molecule has 0 fully saturated rings. The third kappa shape index (κ3) is 3.00. The fourth-order valence-electron chi connectivity index (χ4n) is 1.80. The van der Waals surface area contributed by atoms with E-state index in [1.165, 1.54) is 11.6 Å². The van der Waals surface area contributed by atoms with Crippen molar-refractivity contribution in [2.24, 2.45) is 0 Å². The van der Waals surface area contributed by atoms with Gasteiger partial charge in [-0.25, -0.2) is 4.39 Å². The molecule has 0 atom stereocenters. The highest BCUT2D eigenvalue weighted by Gasteiger charge is 2.02. The molecule has 2 rings (SSSR count). The zero-order valence-electron chi connectivity index (χ0n) is 10.3. The van der Waals surface area contributed by atoms with Crippen LogP contribution in [-0.4, -0.2) is 16.7 Å². The quantitative estimate of drug-likeness (QED) is 0.562. The maximum atomic E-state index is 13.5. The molecule has 18 heavy (non-hydrogen) atoms. The summed E-state index contributed by atoms with van der Waals surface area (Å²) in [5, 5.41) is 9.92. The van der Waals surface area contributed by atoms with Crippen molar-refractivity contribution in [2.45, 2.75) is 19.8 Å². The van der Waals surface area contributed by atoms with Gasteiger partial charge in [0.05, 0.1) is 11.9 Å². The first-order valence-electron chi connectivity index (χ1n) is 5.94. The Bertz CT molecular complexity index is 521. The smallest absolute Gasteiger partial charge is 0.148 e. The predicted molar refractivity (Wildman–Crippen MR) is 70.9 cm³/mol. The van der Waals surface area contributed by atoms with E-state index in [1.54, 1.807) is 12.1 Å². The van der Waals surface area contributed by atoms with E-state index in [1.807, 2.05) is 13.1 Å². The molecule has 0 radical (unpaired) electrons. The fourth-order valence-corrected chi connectivity index (χ4v) is 1.80. The van der Waals surface area contributed by atoms with E-state index in [9.17, 15) is 4.39 Å². The number of aromatic amines is 1. The van der Waals surface area contributed by atoms with Crippen LogP contribution in [0, 0.1) is 12.7 Å². The van der Waals surface area contributed by atoms with Gasteiger partial charge in [-0.2, -0.15) is 5.10 Å². The average Bonchev–Trinajstić information content (AvgIpc) is 2.73. The molecule has 0 unspecified atom stereocenters. The van der Waals surface area contributed by atoms with Gasteiger partial charge >= 0.3 is 0 Å². The molecule has 0 saturated carbocycles. The molecular weight excluding hydrogens is 231 g/mol. The lowest BCUT2D eigenvalue weighted by molar-refractivity contribution is 0.630. The van der Waals surface area contributed by atoms with Crippen molar-refractivity contribution >= 4 is 11.4 Å². The summed E-state index contributed by atoms with van der Waals surface area (Å²) in [6.45, 7) is 2.71. The first-order chi connectivity index (χ1) is 8.66. The number of halogens is 1. The highest BCUT2D eigenvalue weighted by molar-refractivity contribution is 5.52. The van der Waals surface area contributed by atoms with Crippen LogP contribution in [0.4, 0.5) is 15.8 Å². The molecule has 4 nitrogen and oxygen atoms in total. The molecule has 0 saturated heterocycles. The fraction of sp³-hybridized carbons (Fsp3) is 0.308. The van der Waals surface area contributed by atoms with Crippen molar-refractivity contribution in [3.05, 3.63) is 41.5 Å². The number of nitrogens with two attached hydrogens (primary N) is 1. The van der Waals surface area contributed by atoms with Crippen LogP contribution in [-0.2, 0) is 6.42 Å². The second-order valence-electron chi connectivity index (χ2n) is 4.29. The highest BCUT2D eigenvalue weighted by Crippen LogP contribution is 2.17. The molecule has 96 valence electrons. The molecule has 0 amide bonds. The van der Waals surface area contributed by atoms with E-state index >= 15 is 0 Å². The minimum atomic E-state index is -0.311. The Balaban J connectivity index is 1.80. The summed E-state index contributed by atoms with van der Waals surface area (Å²) in [6, 6.07) is 4.67. The summed E-state index contributed by atoms with van der Waals surface area (Å²) in [4.78, 5) is 0. The number of nitrogens with zero attached hydrogens (tertiary/aromatic N) is 1. The summed E-state index contributed by atoms with van der Waals surface area (Å²) in [5.74, 6) is -0.311. The summed E-state index contributed by atoms with van der Waals surface area (Å²) < 4.78 is 13.5. The number of aromatic nitrogens is 2. The predicted octanol–water partition coefficient (Wildman–Crippen LogP) is 2.48. The van der Waals surface area contributed by atoms with Gasteiger partial charge in [0, 0.05) is 17.9 Å². The largest absolute Gasteiger partial charge is 0.399 e.